The minimum absolute atomic E-state index is 0.0225. The Hall–Kier alpha value is -2.69. The molecule has 3 rings (SSSR count). The number of rotatable bonds is 2. The molecule has 0 spiro atoms. The second kappa shape index (κ2) is 10.7. The van der Waals surface area contributed by atoms with Gasteiger partial charge in [0.15, 0.2) is 0 Å². The second-order valence-corrected chi connectivity index (χ2v) is 6.19. The molecule has 0 aromatic heterocycles. The zero-order valence-corrected chi connectivity index (χ0v) is 15.9. The molecule has 2 heterocycles. The van der Waals surface area contributed by atoms with Crippen LogP contribution in [0.4, 0.5) is 0 Å². The van der Waals surface area contributed by atoms with Crippen molar-refractivity contribution in [2.45, 2.75) is 12.8 Å². The molecule has 0 atom stereocenters. The van der Waals surface area contributed by atoms with Crippen LogP contribution < -0.4 is 9.47 Å². The number of hydroxylamine groups is 2. The van der Waals surface area contributed by atoms with Gasteiger partial charge in [-0.2, -0.15) is 0 Å². The van der Waals surface area contributed by atoms with Crippen molar-refractivity contribution in [3.05, 3.63) is 23.8 Å². The third-order valence-corrected chi connectivity index (χ3v) is 4.03. The predicted molar refractivity (Wildman–Crippen MR) is 96.4 cm³/mol. The van der Waals surface area contributed by atoms with Gasteiger partial charge in [-0.15, -0.1) is 5.06 Å². The first kappa shape index (κ1) is 21.0. The predicted octanol–water partition coefficient (Wildman–Crippen LogP) is 0.728. The first-order valence-corrected chi connectivity index (χ1v) is 9.35. The summed E-state index contributed by atoms with van der Waals surface area (Å²) in [5, 5.41) is 0.499. The third kappa shape index (κ3) is 6.41. The fourth-order valence-corrected chi connectivity index (χ4v) is 2.63. The summed E-state index contributed by atoms with van der Waals surface area (Å²) in [6, 6.07) is 4.52. The Kier molecular flexibility index (Phi) is 7.79. The van der Waals surface area contributed by atoms with Gasteiger partial charge in [0, 0.05) is 18.9 Å². The fourth-order valence-electron chi connectivity index (χ4n) is 2.63. The molecule has 0 radical (unpaired) electrons. The van der Waals surface area contributed by atoms with Crippen LogP contribution in [0.25, 0.3) is 0 Å². The van der Waals surface area contributed by atoms with E-state index in [0.717, 1.165) is 0 Å². The first-order chi connectivity index (χ1) is 14.1. The van der Waals surface area contributed by atoms with E-state index in [1.165, 1.54) is 12.1 Å². The average Bonchev–Trinajstić information content (AvgIpc) is 3.02. The summed E-state index contributed by atoms with van der Waals surface area (Å²) in [6.45, 7) is 2.96. The Morgan fingerprint density at radius 3 is 1.66 bits per heavy atom. The van der Waals surface area contributed by atoms with Crippen LogP contribution in [0.2, 0.25) is 0 Å². The molecule has 0 saturated carbocycles. The average molecular weight is 409 g/mol. The number of carbonyl (C=O) groups is 3. The zero-order valence-electron chi connectivity index (χ0n) is 15.9. The molecule has 2 aliphatic heterocycles. The maximum atomic E-state index is 12.5. The van der Waals surface area contributed by atoms with Crippen LogP contribution in [0.3, 0.4) is 0 Å². The standard InChI is InChI=1S/C19H23NO9/c21-17-1-2-18(22)20(17)29-19(23)14-11-15-13-16(12-14)28-10-8-26-6-4-24-3-5-25-7-9-27-15/h11-13H,1-10H2. The van der Waals surface area contributed by atoms with Crippen molar-refractivity contribution in [3.8, 4) is 11.5 Å². The number of hydrogen-bond donors (Lipinski definition) is 0. The van der Waals surface area contributed by atoms with E-state index in [9.17, 15) is 14.4 Å². The quantitative estimate of drug-likeness (QED) is 0.653. The van der Waals surface area contributed by atoms with Crippen LogP contribution in [0.15, 0.2) is 18.2 Å². The number of ether oxygens (including phenoxy) is 5. The van der Waals surface area contributed by atoms with Crippen LogP contribution in [0.1, 0.15) is 23.2 Å². The van der Waals surface area contributed by atoms with E-state index in [0.29, 0.717) is 56.2 Å². The van der Waals surface area contributed by atoms with Crippen molar-refractivity contribution in [3.63, 3.8) is 0 Å². The molecule has 2 bridgehead atoms. The lowest BCUT2D eigenvalue weighted by molar-refractivity contribution is -0.172. The molecule has 0 N–H and O–H groups in total. The van der Waals surface area contributed by atoms with Crippen LogP contribution in [0.5, 0.6) is 11.5 Å². The van der Waals surface area contributed by atoms with Gasteiger partial charge in [-0.3, -0.25) is 9.59 Å². The number of fused-ring (bicyclic) bond motifs is 2. The second-order valence-electron chi connectivity index (χ2n) is 6.19. The molecule has 1 saturated heterocycles. The van der Waals surface area contributed by atoms with Crippen LogP contribution in [-0.4, -0.2) is 75.7 Å². The Bertz CT molecular complexity index is 688. The lowest BCUT2D eigenvalue weighted by Crippen LogP contribution is -2.32. The molecule has 10 heteroatoms. The van der Waals surface area contributed by atoms with E-state index in [4.69, 9.17) is 28.5 Å². The van der Waals surface area contributed by atoms with Crippen LogP contribution in [-0.2, 0) is 28.6 Å². The topological polar surface area (TPSA) is 110 Å². The number of carbonyl (C=O) groups excluding carboxylic acids is 3. The molecular weight excluding hydrogens is 386 g/mol. The lowest BCUT2D eigenvalue weighted by atomic mass is 10.2. The summed E-state index contributed by atoms with van der Waals surface area (Å²) >= 11 is 0. The largest absolute Gasteiger partial charge is 0.491 e. The number of benzene rings is 1. The van der Waals surface area contributed by atoms with Crippen molar-refractivity contribution >= 4 is 17.8 Å². The molecule has 0 unspecified atom stereocenters. The zero-order chi connectivity index (χ0) is 20.5. The summed E-state index contributed by atoms with van der Waals surface area (Å²) in [5.74, 6) is -1.23. The van der Waals surface area contributed by atoms with Crippen LogP contribution >= 0.6 is 0 Å². The highest BCUT2D eigenvalue weighted by Crippen LogP contribution is 2.25. The van der Waals surface area contributed by atoms with E-state index in [2.05, 4.69) is 0 Å². The molecular formula is C19H23NO9. The minimum atomic E-state index is -0.858. The number of nitrogens with zero attached hydrogens (tertiary/aromatic N) is 1. The summed E-state index contributed by atoms with van der Waals surface area (Å²) in [7, 11) is 0. The van der Waals surface area contributed by atoms with Crippen molar-refractivity contribution in [2.75, 3.05) is 52.9 Å². The lowest BCUT2D eigenvalue weighted by Gasteiger charge is -2.15. The highest BCUT2D eigenvalue weighted by Gasteiger charge is 2.33. The maximum Gasteiger partial charge on any atom is 0.364 e. The molecule has 10 nitrogen and oxygen atoms in total. The van der Waals surface area contributed by atoms with Gasteiger partial charge >= 0.3 is 5.97 Å². The van der Waals surface area contributed by atoms with Crippen LogP contribution in [0, 0.1) is 0 Å². The highest BCUT2D eigenvalue weighted by molar-refractivity contribution is 6.02. The molecule has 1 aromatic rings. The van der Waals surface area contributed by atoms with Gasteiger partial charge in [0.1, 0.15) is 24.7 Å². The van der Waals surface area contributed by atoms with E-state index in [1.54, 1.807) is 6.07 Å². The highest BCUT2D eigenvalue weighted by atomic mass is 16.7. The molecule has 0 aliphatic carbocycles. The number of amides is 2. The molecule has 1 aromatic carbocycles. The normalized spacial score (nSPS) is 19.4. The van der Waals surface area contributed by atoms with Crippen molar-refractivity contribution in [1.82, 2.24) is 5.06 Å². The minimum Gasteiger partial charge on any atom is -0.491 e. The maximum absolute atomic E-state index is 12.5. The molecule has 2 amide bonds. The summed E-state index contributed by atoms with van der Waals surface area (Å²) in [4.78, 5) is 40.7. The van der Waals surface area contributed by atoms with Gasteiger partial charge in [0.2, 0.25) is 0 Å². The van der Waals surface area contributed by atoms with E-state index >= 15 is 0 Å². The van der Waals surface area contributed by atoms with Gasteiger partial charge in [-0.25, -0.2) is 4.79 Å². The Labute approximate surface area is 167 Å². The Morgan fingerprint density at radius 2 is 1.17 bits per heavy atom. The van der Waals surface area contributed by atoms with E-state index in [1.807, 2.05) is 0 Å². The van der Waals surface area contributed by atoms with Gasteiger partial charge in [-0.05, 0) is 12.1 Å². The van der Waals surface area contributed by atoms with Crippen molar-refractivity contribution in [1.29, 1.82) is 0 Å². The fraction of sp³-hybridized carbons (Fsp3) is 0.526. The molecule has 2 aliphatic rings. The first-order valence-electron chi connectivity index (χ1n) is 9.35. The monoisotopic (exact) mass is 409 g/mol. The van der Waals surface area contributed by atoms with E-state index < -0.39 is 17.8 Å². The van der Waals surface area contributed by atoms with Gasteiger partial charge < -0.3 is 28.5 Å². The Balaban J connectivity index is 1.69. The third-order valence-electron chi connectivity index (χ3n) is 4.03. The summed E-state index contributed by atoms with van der Waals surface area (Å²) in [6.07, 6.45) is 0.0450. The van der Waals surface area contributed by atoms with Gasteiger partial charge in [0.05, 0.1) is 45.2 Å². The summed E-state index contributed by atoms with van der Waals surface area (Å²) < 4.78 is 27.4. The van der Waals surface area contributed by atoms with Gasteiger partial charge in [0.25, 0.3) is 11.8 Å². The number of hydrogen-bond acceptors (Lipinski definition) is 9. The molecule has 158 valence electrons. The molecule has 29 heavy (non-hydrogen) atoms. The smallest absolute Gasteiger partial charge is 0.364 e. The summed E-state index contributed by atoms with van der Waals surface area (Å²) in [5.41, 5.74) is 0.0846. The number of imide groups is 1. The van der Waals surface area contributed by atoms with Crippen molar-refractivity contribution < 1.29 is 42.9 Å². The molecule has 1 fully saturated rings. The van der Waals surface area contributed by atoms with Gasteiger partial charge in [-0.1, -0.05) is 0 Å². The Morgan fingerprint density at radius 1 is 0.724 bits per heavy atom. The SMILES string of the molecule is O=C(ON1C(=O)CCC1=O)c1cc2cc(c1)OCCOCCOCCOCCO2. The van der Waals surface area contributed by atoms with Crippen molar-refractivity contribution in [2.24, 2.45) is 0 Å². The van der Waals surface area contributed by atoms with E-state index in [-0.39, 0.29) is 31.6 Å².